The zero-order valence-electron chi connectivity index (χ0n) is 19.1. The summed E-state index contributed by atoms with van der Waals surface area (Å²) in [7, 11) is 0. The Hall–Kier alpha value is -4.32. The average molecular weight is 465 g/mol. The Morgan fingerprint density at radius 3 is 1.34 bits per heavy atom. The van der Waals surface area contributed by atoms with E-state index in [1.54, 1.807) is 0 Å². The van der Waals surface area contributed by atoms with E-state index in [-0.39, 0.29) is 26.3 Å². The first-order valence-corrected chi connectivity index (χ1v) is 11.5. The standard InChI is InChI=1S/C29H24N2O4/c32-30-17-19-34-23-13-9-21(10-14-23)29(22-11-15-24(16-12-22)35-20-18-31-33)27-7-3-1-5-25(27)26-6-2-4-8-28(26)29/h1-16H,17-20H2. The molecule has 0 unspecified atom stereocenters. The second kappa shape index (κ2) is 9.89. The van der Waals surface area contributed by atoms with Crippen molar-refractivity contribution in [2.75, 3.05) is 26.3 Å². The SMILES string of the molecule is O=NCCOc1ccc(C2(c3ccc(OCCN=O)cc3)c3ccccc3-c3ccccc32)cc1. The van der Waals surface area contributed by atoms with Gasteiger partial charge in [-0.25, -0.2) is 0 Å². The molecule has 6 heteroatoms. The first kappa shape index (κ1) is 22.5. The lowest BCUT2D eigenvalue weighted by atomic mass is 9.68. The summed E-state index contributed by atoms with van der Waals surface area (Å²) in [6, 6.07) is 33.1. The van der Waals surface area contributed by atoms with Crippen LogP contribution in [0.5, 0.6) is 11.5 Å². The van der Waals surface area contributed by atoms with Crippen molar-refractivity contribution in [3.05, 3.63) is 129 Å². The highest BCUT2D eigenvalue weighted by Crippen LogP contribution is 2.56. The van der Waals surface area contributed by atoms with Crippen LogP contribution in [0.2, 0.25) is 0 Å². The van der Waals surface area contributed by atoms with Crippen molar-refractivity contribution in [2.24, 2.45) is 10.4 Å². The molecule has 0 spiro atoms. The highest BCUT2D eigenvalue weighted by molar-refractivity contribution is 5.86. The minimum atomic E-state index is -0.529. The molecule has 4 aromatic carbocycles. The molecule has 0 aliphatic heterocycles. The molecule has 5 rings (SSSR count). The summed E-state index contributed by atoms with van der Waals surface area (Å²) in [5.41, 5.74) is 6.51. The monoisotopic (exact) mass is 464 g/mol. The number of nitrogens with zero attached hydrogens (tertiary/aromatic N) is 2. The van der Waals surface area contributed by atoms with Crippen molar-refractivity contribution in [1.82, 2.24) is 0 Å². The van der Waals surface area contributed by atoms with Crippen LogP contribution in [0.4, 0.5) is 0 Å². The van der Waals surface area contributed by atoms with Gasteiger partial charge in [0.15, 0.2) is 0 Å². The van der Waals surface area contributed by atoms with E-state index >= 15 is 0 Å². The van der Waals surface area contributed by atoms with Crippen LogP contribution in [0, 0.1) is 9.81 Å². The quantitative estimate of drug-likeness (QED) is 0.178. The molecule has 35 heavy (non-hydrogen) atoms. The van der Waals surface area contributed by atoms with Crippen molar-refractivity contribution in [3.63, 3.8) is 0 Å². The predicted molar refractivity (Wildman–Crippen MR) is 136 cm³/mol. The molecule has 0 N–H and O–H groups in total. The van der Waals surface area contributed by atoms with Crippen LogP contribution in [0.1, 0.15) is 22.3 Å². The summed E-state index contributed by atoms with van der Waals surface area (Å²) in [6.07, 6.45) is 0. The molecule has 0 bridgehead atoms. The van der Waals surface area contributed by atoms with Crippen molar-refractivity contribution in [1.29, 1.82) is 0 Å². The summed E-state index contributed by atoms with van der Waals surface area (Å²) < 4.78 is 11.3. The van der Waals surface area contributed by atoms with Gasteiger partial charge in [-0.05, 0) is 57.6 Å². The molecule has 1 aliphatic rings. The number of hydrogen-bond acceptors (Lipinski definition) is 6. The van der Waals surface area contributed by atoms with E-state index < -0.39 is 5.41 Å². The third kappa shape index (κ3) is 3.97. The molecule has 1 aliphatic carbocycles. The fraction of sp³-hybridized carbons (Fsp3) is 0.172. The van der Waals surface area contributed by atoms with Gasteiger partial charge in [0.05, 0.1) is 5.41 Å². The van der Waals surface area contributed by atoms with Crippen LogP contribution in [-0.2, 0) is 5.41 Å². The molecule has 174 valence electrons. The summed E-state index contributed by atoms with van der Waals surface area (Å²) >= 11 is 0. The first-order valence-electron chi connectivity index (χ1n) is 11.5. The van der Waals surface area contributed by atoms with Gasteiger partial charge in [0.1, 0.15) is 37.8 Å². The second-order valence-electron chi connectivity index (χ2n) is 8.29. The van der Waals surface area contributed by atoms with E-state index in [2.05, 4.69) is 83.2 Å². The van der Waals surface area contributed by atoms with Crippen molar-refractivity contribution in [2.45, 2.75) is 5.41 Å². The van der Waals surface area contributed by atoms with E-state index in [1.165, 1.54) is 22.3 Å². The highest BCUT2D eigenvalue weighted by Gasteiger charge is 2.45. The normalized spacial score (nSPS) is 12.9. The lowest BCUT2D eigenvalue weighted by molar-refractivity contribution is 0.328. The fourth-order valence-electron chi connectivity index (χ4n) is 5.03. The molecular weight excluding hydrogens is 440 g/mol. The van der Waals surface area contributed by atoms with Crippen LogP contribution in [0.3, 0.4) is 0 Å². The Balaban J connectivity index is 1.65. The van der Waals surface area contributed by atoms with Gasteiger partial charge in [-0.15, -0.1) is 0 Å². The number of ether oxygens (including phenoxy) is 2. The smallest absolute Gasteiger partial charge is 0.119 e. The van der Waals surface area contributed by atoms with Crippen molar-refractivity contribution in [3.8, 4) is 22.6 Å². The van der Waals surface area contributed by atoms with E-state index in [9.17, 15) is 9.81 Å². The lowest BCUT2D eigenvalue weighted by Gasteiger charge is -2.34. The maximum Gasteiger partial charge on any atom is 0.119 e. The van der Waals surface area contributed by atoms with Gasteiger partial charge in [0.25, 0.3) is 0 Å². The van der Waals surface area contributed by atoms with Gasteiger partial charge in [0.2, 0.25) is 0 Å². The zero-order chi connectivity index (χ0) is 24.1. The Bertz CT molecular complexity index is 1230. The molecule has 4 aromatic rings. The summed E-state index contributed by atoms with van der Waals surface area (Å²) in [5, 5.41) is 5.71. The molecule has 0 fully saturated rings. The molecule has 0 atom stereocenters. The summed E-state index contributed by atoms with van der Waals surface area (Å²) in [4.78, 5) is 20.8. The van der Waals surface area contributed by atoms with E-state index in [1.807, 2.05) is 24.3 Å². The lowest BCUT2D eigenvalue weighted by Crippen LogP contribution is -2.28. The molecule has 0 aromatic heterocycles. The number of nitroso groups, excluding NO2 is 2. The number of benzene rings is 4. The Labute approximate surface area is 203 Å². The third-order valence-electron chi connectivity index (χ3n) is 6.43. The molecule has 0 heterocycles. The van der Waals surface area contributed by atoms with Crippen molar-refractivity contribution >= 4 is 0 Å². The minimum Gasteiger partial charge on any atom is -0.492 e. The second-order valence-corrected chi connectivity index (χ2v) is 8.29. The molecule has 0 saturated carbocycles. The van der Waals surface area contributed by atoms with Crippen LogP contribution in [-0.4, -0.2) is 26.3 Å². The van der Waals surface area contributed by atoms with Crippen LogP contribution < -0.4 is 9.47 Å². The molecule has 0 saturated heterocycles. The molecular formula is C29H24N2O4. The topological polar surface area (TPSA) is 77.3 Å². The van der Waals surface area contributed by atoms with Gasteiger partial charge in [-0.2, -0.15) is 9.81 Å². The number of hydrogen-bond donors (Lipinski definition) is 0. The minimum absolute atomic E-state index is 0.115. The summed E-state index contributed by atoms with van der Waals surface area (Å²) in [5.74, 6) is 1.39. The van der Waals surface area contributed by atoms with Gasteiger partial charge >= 0.3 is 0 Å². The highest BCUT2D eigenvalue weighted by atomic mass is 16.5. The van der Waals surface area contributed by atoms with Gasteiger partial charge in [0, 0.05) is 0 Å². The van der Waals surface area contributed by atoms with Crippen LogP contribution in [0.25, 0.3) is 11.1 Å². The summed E-state index contributed by atoms with van der Waals surface area (Å²) in [6.45, 7) is 0.731. The molecule has 0 radical (unpaired) electrons. The van der Waals surface area contributed by atoms with Gasteiger partial charge in [-0.3, -0.25) is 0 Å². The van der Waals surface area contributed by atoms with Gasteiger partial charge in [-0.1, -0.05) is 83.2 Å². The third-order valence-corrected chi connectivity index (χ3v) is 6.43. The maximum atomic E-state index is 10.4. The zero-order valence-corrected chi connectivity index (χ0v) is 19.1. The van der Waals surface area contributed by atoms with E-state index in [0.29, 0.717) is 11.5 Å². The van der Waals surface area contributed by atoms with Gasteiger partial charge < -0.3 is 9.47 Å². The van der Waals surface area contributed by atoms with Crippen LogP contribution >= 0.6 is 0 Å². The van der Waals surface area contributed by atoms with E-state index in [4.69, 9.17) is 9.47 Å². The van der Waals surface area contributed by atoms with E-state index in [0.717, 1.165) is 11.1 Å². The maximum absolute atomic E-state index is 10.4. The van der Waals surface area contributed by atoms with Crippen LogP contribution in [0.15, 0.2) is 107 Å². The Morgan fingerprint density at radius 2 is 0.943 bits per heavy atom. The average Bonchev–Trinajstić information content (AvgIpc) is 3.21. The largest absolute Gasteiger partial charge is 0.492 e. The number of fused-ring (bicyclic) bond motifs is 3. The Kier molecular flexibility index (Phi) is 6.35. The fourth-order valence-corrected chi connectivity index (χ4v) is 5.03. The molecule has 6 nitrogen and oxygen atoms in total. The Morgan fingerprint density at radius 1 is 0.543 bits per heavy atom. The number of rotatable bonds is 10. The first-order chi connectivity index (χ1) is 17.3. The van der Waals surface area contributed by atoms with Crippen molar-refractivity contribution < 1.29 is 9.47 Å². The predicted octanol–water partition coefficient (Wildman–Crippen LogP) is 6.34. The molecule has 0 amide bonds.